The van der Waals surface area contributed by atoms with Crippen LogP contribution >= 0.6 is 23.5 Å². The fraction of sp³-hybridized carbons (Fsp3) is 0.200. The second-order valence-electron chi connectivity index (χ2n) is 6.20. The van der Waals surface area contributed by atoms with Gasteiger partial charge < -0.3 is 15.0 Å². The van der Waals surface area contributed by atoms with Gasteiger partial charge in [-0.15, -0.1) is 20.2 Å². The maximum atomic E-state index is 11.6. The number of anilines is 1. The van der Waals surface area contributed by atoms with Crippen LogP contribution in [0, 0.1) is 20.2 Å². The molecule has 1 heterocycles. The molecule has 0 spiro atoms. The second kappa shape index (κ2) is 9.11. The topological polar surface area (TPSA) is 189 Å². The van der Waals surface area contributed by atoms with Gasteiger partial charge in [-0.3, -0.25) is 0 Å². The number of hydrogen-bond donors (Lipinski definition) is 3. The van der Waals surface area contributed by atoms with Crippen LogP contribution in [0.1, 0.15) is 22.9 Å². The Labute approximate surface area is 184 Å². The molecule has 166 valence electrons. The van der Waals surface area contributed by atoms with Crippen molar-refractivity contribution in [3.05, 3.63) is 72.3 Å². The maximum Gasteiger partial charge on any atom is 0.294 e. The molecular formula is C15H14ClN5O8S2. The van der Waals surface area contributed by atoms with Gasteiger partial charge in [-0.05, 0) is 40.8 Å². The summed E-state index contributed by atoms with van der Waals surface area (Å²) in [6, 6.07) is 7.43. The van der Waals surface area contributed by atoms with Crippen LogP contribution < -0.4 is 15.2 Å². The first-order valence-electron chi connectivity index (χ1n) is 8.25. The molecule has 0 amide bonds. The molecule has 0 aromatic heterocycles. The zero-order valence-electron chi connectivity index (χ0n) is 15.3. The lowest BCUT2D eigenvalue weighted by Crippen LogP contribution is -2.27. The highest BCUT2D eigenvalue weighted by molar-refractivity contribution is 7.97. The van der Waals surface area contributed by atoms with E-state index in [1.165, 1.54) is 18.2 Å². The summed E-state index contributed by atoms with van der Waals surface area (Å²) in [6.07, 6.45) is -0.557. The number of primary sulfonamides is 1. The molecule has 4 N–H and O–H groups in total. The van der Waals surface area contributed by atoms with Crippen LogP contribution in [0.4, 0.5) is 5.69 Å². The standard InChI is InChI=1S/C15H14ClN5O8S2/c16-11-4-12-13(5-14(11)31(17,26)27)30-19-15(18-12)10-2-8(6-28-20(22)23)1-9(3-10)7-29-21(24)25/h1-5,15,18-19H,6-7H2,(H2,17,26,27). The average Bonchev–Trinajstić information content (AvgIpc) is 2.68. The molecule has 31 heavy (non-hydrogen) atoms. The molecule has 0 bridgehead atoms. The third kappa shape index (κ3) is 5.86. The molecule has 2 aromatic rings. The minimum Gasteiger partial charge on any atom is -0.364 e. The van der Waals surface area contributed by atoms with Crippen LogP contribution in [-0.4, -0.2) is 18.6 Å². The number of nitrogens with zero attached hydrogens (tertiary/aromatic N) is 2. The third-order valence-corrected chi connectivity index (χ3v) is 6.30. The number of nitrogens with two attached hydrogens (primary N) is 1. The molecule has 16 heteroatoms. The summed E-state index contributed by atoms with van der Waals surface area (Å²) in [4.78, 5) is 30.1. The van der Waals surface area contributed by atoms with E-state index in [0.717, 1.165) is 11.9 Å². The van der Waals surface area contributed by atoms with Crippen molar-refractivity contribution in [1.82, 2.24) is 4.72 Å². The van der Waals surface area contributed by atoms with Crippen molar-refractivity contribution in [2.24, 2.45) is 5.14 Å². The molecule has 13 nitrogen and oxygen atoms in total. The van der Waals surface area contributed by atoms with Crippen LogP contribution in [0.3, 0.4) is 0 Å². The Hall–Kier alpha value is -2.85. The van der Waals surface area contributed by atoms with Crippen LogP contribution in [0.2, 0.25) is 5.02 Å². The average molecular weight is 492 g/mol. The largest absolute Gasteiger partial charge is 0.364 e. The fourth-order valence-electron chi connectivity index (χ4n) is 2.79. The van der Waals surface area contributed by atoms with Crippen molar-refractivity contribution < 1.29 is 28.3 Å². The summed E-state index contributed by atoms with van der Waals surface area (Å²) in [5.41, 5.74) is 1.86. The first kappa shape index (κ1) is 22.8. The molecule has 1 unspecified atom stereocenters. The van der Waals surface area contributed by atoms with Crippen molar-refractivity contribution in [3.63, 3.8) is 0 Å². The molecular weight excluding hydrogens is 478 g/mol. The zero-order chi connectivity index (χ0) is 22.8. The van der Waals surface area contributed by atoms with Crippen LogP contribution in [0.25, 0.3) is 0 Å². The van der Waals surface area contributed by atoms with Gasteiger partial charge in [0.2, 0.25) is 10.0 Å². The normalized spacial score (nSPS) is 15.5. The van der Waals surface area contributed by atoms with Crippen LogP contribution in [0.15, 0.2) is 40.1 Å². The Morgan fingerprint density at radius 1 is 1.06 bits per heavy atom. The number of fused-ring (bicyclic) bond motifs is 1. The highest BCUT2D eigenvalue weighted by Crippen LogP contribution is 2.39. The predicted molar refractivity (Wildman–Crippen MR) is 108 cm³/mol. The molecule has 1 aliphatic rings. The number of benzene rings is 2. The van der Waals surface area contributed by atoms with E-state index in [0.29, 0.717) is 27.3 Å². The number of rotatable bonds is 8. The molecule has 3 rings (SSSR count). The lowest BCUT2D eigenvalue weighted by molar-refractivity contribution is -0.763. The zero-order valence-corrected chi connectivity index (χ0v) is 17.7. The molecule has 0 aliphatic carbocycles. The van der Waals surface area contributed by atoms with Gasteiger partial charge >= 0.3 is 0 Å². The van der Waals surface area contributed by atoms with E-state index in [9.17, 15) is 28.6 Å². The minimum absolute atomic E-state index is 0.0665. The Bertz CT molecular complexity index is 1110. The lowest BCUT2D eigenvalue weighted by atomic mass is 10.0. The molecule has 1 aliphatic heterocycles. The number of hydrogen-bond acceptors (Lipinski definition) is 11. The minimum atomic E-state index is -4.01. The van der Waals surface area contributed by atoms with Gasteiger partial charge in [0.25, 0.3) is 10.2 Å². The van der Waals surface area contributed by atoms with E-state index in [1.54, 1.807) is 12.1 Å². The molecule has 0 saturated carbocycles. The number of sulfonamides is 1. The first-order valence-corrected chi connectivity index (χ1v) is 11.0. The van der Waals surface area contributed by atoms with Gasteiger partial charge in [-0.2, -0.15) is 0 Å². The van der Waals surface area contributed by atoms with E-state index < -0.39 is 26.4 Å². The van der Waals surface area contributed by atoms with Gasteiger partial charge in [0.15, 0.2) is 0 Å². The van der Waals surface area contributed by atoms with E-state index in [1.807, 2.05) is 0 Å². The Balaban J connectivity index is 1.90. The summed E-state index contributed by atoms with van der Waals surface area (Å²) < 4.78 is 26.3. The van der Waals surface area contributed by atoms with E-state index in [4.69, 9.17) is 16.7 Å². The van der Waals surface area contributed by atoms with Crippen LogP contribution in [0.5, 0.6) is 0 Å². The van der Waals surface area contributed by atoms with Gasteiger partial charge in [-0.25, -0.2) is 18.3 Å². The van der Waals surface area contributed by atoms with Gasteiger partial charge in [-0.1, -0.05) is 29.8 Å². The summed E-state index contributed by atoms with van der Waals surface area (Å²) in [5.74, 6) is 0. The smallest absolute Gasteiger partial charge is 0.294 e. The first-order chi connectivity index (χ1) is 14.5. The Kier molecular flexibility index (Phi) is 6.71. The van der Waals surface area contributed by atoms with Gasteiger partial charge in [0.05, 0.1) is 10.7 Å². The van der Waals surface area contributed by atoms with Crippen molar-refractivity contribution in [2.45, 2.75) is 29.2 Å². The quantitative estimate of drug-likeness (QED) is 0.278. The Morgan fingerprint density at radius 2 is 1.65 bits per heavy atom. The SMILES string of the molecule is NS(=O)(=O)c1cc2c(cc1Cl)NC(c1cc(CO[N+](=O)[O-])cc(CO[N+](=O)[O-])c1)NS2. The molecule has 2 aromatic carbocycles. The molecule has 0 saturated heterocycles. The summed E-state index contributed by atoms with van der Waals surface area (Å²) in [5, 5.41) is 27.3. The highest BCUT2D eigenvalue weighted by Gasteiger charge is 2.24. The number of halogens is 1. The van der Waals surface area contributed by atoms with Crippen molar-refractivity contribution >= 4 is 39.3 Å². The van der Waals surface area contributed by atoms with Crippen LogP contribution in [-0.2, 0) is 32.9 Å². The second-order valence-corrected chi connectivity index (χ2v) is 9.01. The predicted octanol–water partition coefficient (Wildman–Crippen LogP) is 2.13. The van der Waals surface area contributed by atoms with Crippen molar-refractivity contribution in [3.8, 4) is 0 Å². The van der Waals surface area contributed by atoms with E-state index >= 15 is 0 Å². The lowest BCUT2D eigenvalue weighted by Gasteiger charge is -2.29. The van der Waals surface area contributed by atoms with Gasteiger partial charge in [0, 0.05) is 4.90 Å². The Morgan fingerprint density at radius 3 is 2.16 bits per heavy atom. The molecule has 0 radical (unpaired) electrons. The monoisotopic (exact) mass is 491 g/mol. The molecule has 0 fully saturated rings. The molecule has 1 atom stereocenters. The van der Waals surface area contributed by atoms with E-state index in [2.05, 4.69) is 19.7 Å². The van der Waals surface area contributed by atoms with Gasteiger partial charge in [0.1, 0.15) is 24.3 Å². The maximum absolute atomic E-state index is 11.6. The summed E-state index contributed by atoms with van der Waals surface area (Å²) >= 11 is 7.15. The number of nitrogens with one attached hydrogen (secondary N) is 2. The summed E-state index contributed by atoms with van der Waals surface area (Å²) in [7, 11) is -4.01. The van der Waals surface area contributed by atoms with E-state index in [-0.39, 0.29) is 23.1 Å². The highest BCUT2D eigenvalue weighted by atomic mass is 35.5. The summed E-state index contributed by atoms with van der Waals surface area (Å²) in [6.45, 7) is -0.737. The van der Waals surface area contributed by atoms with Crippen molar-refractivity contribution in [2.75, 3.05) is 5.32 Å². The fourth-order valence-corrected chi connectivity index (χ4v) is 4.81. The third-order valence-electron chi connectivity index (χ3n) is 4.01. The van der Waals surface area contributed by atoms with Crippen molar-refractivity contribution in [1.29, 1.82) is 0 Å².